The first-order valence-electron chi connectivity index (χ1n) is 8.05. The van der Waals surface area contributed by atoms with E-state index in [9.17, 15) is 43.4 Å². The number of hydrogen-bond donors (Lipinski definition) is 5. The number of fused-ring (bicyclic) bond motifs is 1. The van der Waals surface area contributed by atoms with Gasteiger partial charge in [-0.15, -0.1) is 0 Å². The van der Waals surface area contributed by atoms with Gasteiger partial charge in [-0.05, 0) is 0 Å². The Labute approximate surface area is 261 Å². The molecule has 180 valence electrons. The molecule has 7 unspecified atom stereocenters. The number of phosphoric ester groups is 1. The van der Waals surface area contributed by atoms with Crippen LogP contribution in [0.4, 0.5) is 5.95 Å². The molecular weight excluding hydrogens is 576 g/mol. The average molecular weight is 589 g/mol. The number of nitrogens with one attached hydrogen (secondary N) is 1. The minimum atomic E-state index is -6.11. The van der Waals surface area contributed by atoms with Crippen molar-refractivity contribution in [3.8, 4) is 0 Å². The molecule has 2 aromatic heterocycles. The van der Waals surface area contributed by atoms with E-state index >= 15 is 0 Å². The van der Waals surface area contributed by atoms with Crippen LogP contribution in [-0.2, 0) is 31.6 Å². The van der Waals surface area contributed by atoms with Crippen molar-refractivity contribution in [2.75, 3.05) is 12.3 Å². The molecule has 0 saturated carbocycles. The van der Waals surface area contributed by atoms with Gasteiger partial charge in [0, 0.05) is 0 Å². The number of aliphatic hydroxyl groups is 2. The monoisotopic (exact) mass is 589 g/mol. The van der Waals surface area contributed by atoms with Crippen LogP contribution in [0.2, 0.25) is 0 Å². The molecular formula is C10H13N5Na3O14P3. The number of ether oxygens (including phenoxy) is 1. The van der Waals surface area contributed by atoms with E-state index in [4.69, 9.17) is 15.4 Å². The molecule has 0 amide bonds. The zero-order chi connectivity index (χ0) is 24.1. The molecule has 0 bridgehead atoms. The van der Waals surface area contributed by atoms with Crippen molar-refractivity contribution in [1.29, 1.82) is 0 Å². The van der Waals surface area contributed by atoms with Crippen molar-refractivity contribution in [3.63, 3.8) is 0 Å². The second-order valence-corrected chi connectivity index (χ2v) is 10.4. The Balaban J connectivity index is 0.00000385. The topological polar surface area (TPSA) is 308 Å². The number of aromatic nitrogens is 4. The molecule has 0 aromatic carbocycles. The quantitative estimate of drug-likeness (QED) is 0.141. The second kappa shape index (κ2) is 13.7. The molecule has 1 aliphatic heterocycles. The number of anilines is 1. The van der Waals surface area contributed by atoms with Crippen LogP contribution in [-0.4, -0.2) is 59.5 Å². The van der Waals surface area contributed by atoms with E-state index in [1.165, 1.54) is 0 Å². The summed E-state index contributed by atoms with van der Waals surface area (Å²) in [5.74, 6) is -0.295. The normalized spacial score (nSPS) is 26.9. The van der Waals surface area contributed by atoms with Gasteiger partial charge in [-0.1, -0.05) is 0 Å². The summed E-state index contributed by atoms with van der Waals surface area (Å²) in [6.07, 6.45) is -5.57. The maximum absolute atomic E-state index is 11.8. The van der Waals surface area contributed by atoms with Crippen LogP contribution in [0.5, 0.6) is 0 Å². The number of phosphoric acid groups is 3. The van der Waals surface area contributed by atoms with E-state index in [0.29, 0.717) is 0 Å². The number of aromatic amines is 1. The number of H-pyrrole nitrogens is 1. The summed E-state index contributed by atoms with van der Waals surface area (Å²) in [4.78, 5) is 63.2. The summed E-state index contributed by atoms with van der Waals surface area (Å²) < 4.78 is 50.3. The summed E-state index contributed by atoms with van der Waals surface area (Å²) in [6, 6.07) is 0. The third-order valence-electron chi connectivity index (χ3n) is 3.86. The largest absolute Gasteiger partial charge is 1.00 e. The van der Waals surface area contributed by atoms with Crippen LogP contribution in [0.25, 0.3) is 11.2 Å². The predicted octanol–water partition coefficient (Wildman–Crippen LogP) is -13.2. The van der Waals surface area contributed by atoms with E-state index in [-0.39, 0.29) is 106 Å². The van der Waals surface area contributed by atoms with Crippen LogP contribution in [0, 0.1) is 0 Å². The van der Waals surface area contributed by atoms with Gasteiger partial charge in [0.05, 0.1) is 12.9 Å². The molecule has 3 heterocycles. The van der Waals surface area contributed by atoms with Crippen molar-refractivity contribution in [1.82, 2.24) is 19.5 Å². The van der Waals surface area contributed by atoms with Crippen LogP contribution in [0.1, 0.15) is 6.23 Å². The van der Waals surface area contributed by atoms with Gasteiger partial charge in [0.25, 0.3) is 29.0 Å². The Bertz CT molecular complexity index is 1220. The number of nitrogens with two attached hydrogens (primary N) is 1. The van der Waals surface area contributed by atoms with E-state index in [1.807, 2.05) is 0 Å². The first-order valence-corrected chi connectivity index (χ1v) is 12.5. The van der Waals surface area contributed by atoms with Gasteiger partial charge in [0.2, 0.25) is 5.95 Å². The first kappa shape index (κ1) is 36.4. The van der Waals surface area contributed by atoms with Gasteiger partial charge in [0.15, 0.2) is 17.4 Å². The molecule has 0 radical (unpaired) electrons. The van der Waals surface area contributed by atoms with Crippen molar-refractivity contribution >= 4 is 40.6 Å². The molecule has 1 aliphatic rings. The molecule has 1 fully saturated rings. The summed E-state index contributed by atoms with van der Waals surface area (Å²) >= 11 is 0. The number of nitrogen functional groups attached to an aromatic ring is 1. The number of imidazole rings is 1. The Morgan fingerprint density at radius 1 is 1.11 bits per heavy atom. The van der Waals surface area contributed by atoms with Crippen LogP contribution >= 0.6 is 23.5 Å². The Morgan fingerprint density at radius 2 is 1.71 bits per heavy atom. The number of nitrogens with zero attached hydrogens (tertiary/aromatic N) is 3. The van der Waals surface area contributed by atoms with Crippen molar-refractivity contribution in [2.24, 2.45) is 0 Å². The molecule has 6 N–H and O–H groups in total. The predicted molar refractivity (Wildman–Crippen MR) is 91.6 cm³/mol. The summed E-state index contributed by atoms with van der Waals surface area (Å²) in [7, 11) is -17.8. The van der Waals surface area contributed by atoms with Gasteiger partial charge < -0.3 is 44.8 Å². The molecule has 35 heavy (non-hydrogen) atoms. The smallest absolute Gasteiger partial charge is 0.756 e. The third kappa shape index (κ3) is 9.54. The molecule has 19 nitrogen and oxygen atoms in total. The molecule has 25 heteroatoms. The molecule has 0 spiro atoms. The van der Waals surface area contributed by atoms with Gasteiger partial charge in [-0.3, -0.25) is 28.0 Å². The fraction of sp³-hybridized carbons (Fsp3) is 0.500. The van der Waals surface area contributed by atoms with Gasteiger partial charge in [-0.25, -0.2) is 13.6 Å². The van der Waals surface area contributed by atoms with Crippen molar-refractivity contribution < 1.29 is 150 Å². The zero-order valence-electron chi connectivity index (χ0n) is 18.2. The van der Waals surface area contributed by atoms with E-state index < -0.39 is 60.2 Å². The van der Waals surface area contributed by atoms with Crippen LogP contribution < -0.4 is 115 Å². The van der Waals surface area contributed by atoms with Crippen LogP contribution in [0.3, 0.4) is 0 Å². The number of rotatable bonds is 8. The second-order valence-electron chi connectivity index (χ2n) is 6.14. The van der Waals surface area contributed by atoms with Crippen molar-refractivity contribution in [2.45, 2.75) is 24.5 Å². The van der Waals surface area contributed by atoms with Crippen molar-refractivity contribution in [3.05, 3.63) is 16.7 Å². The zero-order valence-corrected chi connectivity index (χ0v) is 26.9. The fourth-order valence-corrected chi connectivity index (χ4v) is 5.57. The fourth-order valence-electron chi connectivity index (χ4n) is 2.68. The van der Waals surface area contributed by atoms with E-state index in [2.05, 4.69) is 28.1 Å². The Morgan fingerprint density at radius 3 is 2.29 bits per heavy atom. The third-order valence-corrected chi connectivity index (χ3v) is 7.55. The minimum Gasteiger partial charge on any atom is -0.756 e. The summed E-state index contributed by atoms with van der Waals surface area (Å²) in [5.41, 5.74) is 4.41. The van der Waals surface area contributed by atoms with E-state index in [0.717, 1.165) is 10.9 Å². The maximum Gasteiger partial charge on any atom is 1.00 e. The Kier molecular flexibility index (Phi) is 14.2. The molecule has 1 saturated heterocycles. The summed E-state index contributed by atoms with van der Waals surface area (Å²) in [6.45, 7) is -1.12. The van der Waals surface area contributed by atoms with Gasteiger partial charge >= 0.3 is 88.7 Å². The van der Waals surface area contributed by atoms with Gasteiger partial charge in [-0.2, -0.15) is 4.98 Å². The number of aliphatic hydroxyl groups excluding tert-OH is 2. The Hall–Kier alpha value is 1.44. The standard InChI is InChI=1S/C10H16N5O14P3.3Na/c11-10-13-7-4(8(18)14-10)12-2-15(7)9-6(17)5(16)3(27-9)1-26-31(22,23)29-32(24,25)28-30(19,20)21;;;/h2-3,5-6,9,16-17H,1H2,(H,22,23)(H,24,25)(H2,19,20,21)(H3,11,13,14,18);;;/q;3*+1/p-3. The van der Waals surface area contributed by atoms with E-state index in [1.54, 1.807) is 0 Å². The minimum absolute atomic E-state index is 0. The molecule has 7 atom stereocenters. The first-order chi connectivity index (χ1) is 14.6. The molecule has 0 aliphatic carbocycles. The SMILES string of the molecule is Nc1nc2c(ncn2C2OC(COP(=O)([O-])OP(=O)([O-])OP(=O)([O-])O)C(O)C2O)c(=O)[nH]1.[Na+].[Na+].[Na+]. The molecule has 2 aromatic rings. The average Bonchev–Trinajstić information content (AvgIpc) is 3.12. The van der Waals surface area contributed by atoms with Gasteiger partial charge in [0.1, 0.15) is 18.3 Å². The summed E-state index contributed by atoms with van der Waals surface area (Å²) in [5, 5.41) is 20.3. The molecule has 3 rings (SSSR count). The van der Waals surface area contributed by atoms with Crippen LogP contribution in [0.15, 0.2) is 11.1 Å². The maximum atomic E-state index is 11.8. The number of hydrogen-bond acceptors (Lipinski definition) is 16.